The molecule has 6 nitrogen and oxygen atoms in total. The summed E-state index contributed by atoms with van der Waals surface area (Å²) in [7, 11) is 1.62. The van der Waals surface area contributed by atoms with Crippen LogP contribution in [0, 0.1) is 5.92 Å². The van der Waals surface area contributed by atoms with Gasteiger partial charge < -0.3 is 19.7 Å². The van der Waals surface area contributed by atoms with E-state index in [-0.39, 0.29) is 12.0 Å². The van der Waals surface area contributed by atoms with Crippen molar-refractivity contribution in [1.82, 2.24) is 10.2 Å². The van der Waals surface area contributed by atoms with Gasteiger partial charge in [-0.05, 0) is 57.2 Å². The molecule has 0 spiro atoms. The number of likely N-dealkylation sites (tertiary alicyclic amines) is 1. The number of carbonyl (C=O) groups excluding carboxylic acids is 2. The number of ether oxygens (including phenoxy) is 2. The highest BCUT2D eigenvalue weighted by molar-refractivity contribution is 5.79. The average molecular weight is 362 g/mol. The molecule has 1 aliphatic rings. The highest BCUT2D eigenvalue weighted by Gasteiger charge is 2.24. The Bertz CT molecular complexity index is 616. The molecule has 1 saturated heterocycles. The van der Waals surface area contributed by atoms with Crippen molar-refractivity contribution in [3.63, 3.8) is 0 Å². The van der Waals surface area contributed by atoms with Crippen molar-refractivity contribution in [1.29, 1.82) is 0 Å². The number of nitrogens with one attached hydrogen (secondary N) is 1. The Hall–Kier alpha value is -2.24. The van der Waals surface area contributed by atoms with E-state index in [1.165, 1.54) is 0 Å². The van der Waals surface area contributed by atoms with Crippen molar-refractivity contribution >= 4 is 12.0 Å². The van der Waals surface area contributed by atoms with Gasteiger partial charge in [0, 0.05) is 19.6 Å². The SMILES string of the molecule is COc1cccc(CC(=O)N2CCC(CNC(=O)OC(C)(C)C)CC2)c1. The van der Waals surface area contributed by atoms with Crippen molar-refractivity contribution in [3.8, 4) is 5.75 Å². The van der Waals surface area contributed by atoms with Crippen LogP contribution in [-0.4, -0.2) is 49.2 Å². The molecule has 1 aromatic carbocycles. The molecule has 0 unspecified atom stereocenters. The second-order valence-electron chi connectivity index (χ2n) is 7.74. The van der Waals surface area contributed by atoms with E-state index >= 15 is 0 Å². The van der Waals surface area contributed by atoms with Crippen molar-refractivity contribution < 1.29 is 19.1 Å². The van der Waals surface area contributed by atoms with Crippen LogP contribution in [0.5, 0.6) is 5.75 Å². The van der Waals surface area contributed by atoms with E-state index in [0.717, 1.165) is 37.2 Å². The van der Waals surface area contributed by atoms with Crippen LogP contribution in [0.4, 0.5) is 4.79 Å². The lowest BCUT2D eigenvalue weighted by molar-refractivity contribution is -0.131. The number of benzene rings is 1. The van der Waals surface area contributed by atoms with Crippen LogP contribution in [0.15, 0.2) is 24.3 Å². The molecule has 6 heteroatoms. The number of methoxy groups -OCH3 is 1. The number of carbonyl (C=O) groups is 2. The maximum absolute atomic E-state index is 12.5. The van der Waals surface area contributed by atoms with Crippen molar-refractivity contribution in [2.45, 2.75) is 45.6 Å². The smallest absolute Gasteiger partial charge is 0.407 e. The number of hydrogen-bond acceptors (Lipinski definition) is 4. The van der Waals surface area contributed by atoms with E-state index in [9.17, 15) is 9.59 Å². The van der Waals surface area contributed by atoms with Gasteiger partial charge in [-0.3, -0.25) is 4.79 Å². The summed E-state index contributed by atoms with van der Waals surface area (Å²) in [6, 6.07) is 7.61. The van der Waals surface area contributed by atoms with E-state index in [0.29, 0.717) is 18.9 Å². The Morgan fingerprint density at radius 1 is 1.23 bits per heavy atom. The van der Waals surface area contributed by atoms with E-state index in [1.54, 1.807) is 7.11 Å². The first-order valence-corrected chi connectivity index (χ1v) is 9.14. The lowest BCUT2D eigenvalue weighted by Crippen LogP contribution is -2.42. The minimum atomic E-state index is -0.486. The first kappa shape index (κ1) is 20.1. The molecule has 2 amide bonds. The molecule has 0 atom stereocenters. The van der Waals surface area contributed by atoms with Crippen LogP contribution in [0.2, 0.25) is 0 Å². The van der Waals surface area contributed by atoms with Gasteiger partial charge in [-0.25, -0.2) is 4.79 Å². The lowest BCUT2D eigenvalue weighted by atomic mass is 9.96. The number of amides is 2. The molecule has 0 aromatic heterocycles. The van der Waals surface area contributed by atoms with Crippen LogP contribution in [0.3, 0.4) is 0 Å². The lowest BCUT2D eigenvalue weighted by Gasteiger charge is -2.32. The summed E-state index contributed by atoms with van der Waals surface area (Å²) in [5.74, 6) is 1.28. The first-order valence-electron chi connectivity index (χ1n) is 9.14. The molecule has 1 aromatic rings. The fourth-order valence-corrected chi connectivity index (χ4v) is 3.00. The molecular formula is C20H30N2O4. The third-order valence-corrected chi connectivity index (χ3v) is 4.39. The van der Waals surface area contributed by atoms with Crippen LogP contribution >= 0.6 is 0 Å². The number of piperidine rings is 1. The minimum Gasteiger partial charge on any atom is -0.497 e. The van der Waals surface area contributed by atoms with E-state index in [2.05, 4.69) is 5.32 Å². The Kier molecular flexibility index (Phi) is 6.89. The highest BCUT2D eigenvalue weighted by Crippen LogP contribution is 2.19. The summed E-state index contributed by atoms with van der Waals surface area (Å²) < 4.78 is 10.5. The summed E-state index contributed by atoms with van der Waals surface area (Å²) >= 11 is 0. The van der Waals surface area contributed by atoms with Gasteiger partial charge in [0.05, 0.1) is 13.5 Å². The molecule has 1 N–H and O–H groups in total. The van der Waals surface area contributed by atoms with E-state index in [1.807, 2.05) is 49.9 Å². The molecule has 26 heavy (non-hydrogen) atoms. The van der Waals surface area contributed by atoms with Crippen LogP contribution in [0.1, 0.15) is 39.2 Å². The zero-order valence-corrected chi connectivity index (χ0v) is 16.2. The predicted octanol–water partition coefficient (Wildman–Crippen LogP) is 3.00. The van der Waals surface area contributed by atoms with Gasteiger partial charge in [-0.15, -0.1) is 0 Å². The maximum Gasteiger partial charge on any atom is 0.407 e. The minimum absolute atomic E-state index is 0.136. The Morgan fingerprint density at radius 2 is 1.92 bits per heavy atom. The summed E-state index contributed by atoms with van der Waals surface area (Å²) in [6.45, 7) is 7.58. The van der Waals surface area contributed by atoms with Crippen molar-refractivity contribution in [3.05, 3.63) is 29.8 Å². The predicted molar refractivity (Wildman–Crippen MR) is 100 cm³/mol. The molecule has 0 bridgehead atoms. The van der Waals surface area contributed by atoms with Gasteiger partial charge in [0.1, 0.15) is 11.4 Å². The molecule has 2 rings (SSSR count). The fraction of sp³-hybridized carbons (Fsp3) is 0.600. The number of rotatable bonds is 5. The Morgan fingerprint density at radius 3 is 2.54 bits per heavy atom. The number of hydrogen-bond donors (Lipinski definition) is 1. The van der Waals surface area contributed by atoms with Crippen LogP contribution in [0.25, 0.3) is 0 Å². The molecule has 0 saturated carbocycles. The summed E-state index contributed by atoms with van der Waals surface area (Å²) in [6.07, 6.45) is 1.78. The number of alkyl carbamates (subject to hydrolysis) is 1. The largest absolute Gasteiger partial charge is 0.497 e. The molecule has 0 aliphatic carbocycles. The molecule has 1 heterocycles. The van der Waals surface area contributed by atoms with Gasteiger partial charge in [-0.2, -0.15) is 0 Å². The van der Waals surface area contributed by atoms with Crippen molar-refractivity contribution in [2.24, 2.45) is 5.92 Å². The zero-order valence-electron chi connectivity index (χ0n) is 16.2. The summed E-state index contributed by atoms with van der Waals surface area (Å²) in [5, 5.41) is 2.83. The van der Waals surface area contributed by atoms with Gasteiger partial charge in [0.2, 0.25) is 5.91 Å². The first-order chi connectivity index (χ1) is 12.3. The van der Waals surface area contributed by atoms with Gasteiger partial charge in [0.25, 0.3) is 0 Å². The third-order valence-electron chi connectivity index (χ3n) is 4.39. The topological polar surface area (TPSA) is 67.9 Å². The van der Waals surface area contributed by atoms with E-state index in [4.69, 9.17) is 9.47 Å². The molecule has 1 fully saturated rings. The standard InChI is InChI=1S/C20H30N2O4/c1-20(2,3)26-19(24)21-14-15-8-10-22(11-9-15)18(23)13-16-6-5-7-17(12-16)25-4/h5-7,12,15H,8-11,13-14H2,1-4H3,(H,21,24). The van der Waals surface area contributed by atoms with Gasteiger partial charge in [0.15, 0.2) is 0 Å². The normalized spacial score (nSPS) is 15.5. The van der Waals surface area contributed by atoms with Gasteiger partial charge >= 0.3 is 6.09 Å². The summed E-state index contributed by atoms with van der Waals surface area (Å²) in [4.78, 5) is 26.1. The zero-order chi connectivity index (χ0) is 19.2. The average Bonchev–Trinajstić information content (AvgIpc) is 2.59. The highest BCUT2D eigenvalue weighted by atomic mass is 16.6. The van der Waals surface area contributed by atoms with Gasteiger partial charge in [-0.1, -0.05) is 12.1 Å². The second-order valence-corrected chi connectivity index (χ2v) is 7.74. The van der Waals surface area contributed by atoms with Crippen LogP contribution in [-0.2, 0) is 16.0 Å². The van der Waals surface area contributed by atoms with Crippen molar-refractivity contribution in [2.75, 3.05) is 26.7 Å². The Balaban J connectivity index is 1.73. The number of nitrogens with zero attached hydrogens (tertiary/aromatic N) is 1. The summed E-state index contributed by atoms with van der Waals surface area (Å²) in [5.41, 5.74) is 0.475. The monoisotopic (exact) mass is 362 g/mol. The maximum atomic E-state index is 12.5. The molecular weight excluding hydrogens is 332 g/mol. The molecule has 144 valence electrons. The molecule has 0 radical (unpaired) electrons. The fourth-order valence-electron chi connectivity index (χ4n) is 3.00. The quantitative estimate of drug-likeness (QED) is 0.874. The van der Waals surface area contributed by atoms with E-state index < -0.39 is 5.60 Å². The van der Waals surface area contributed by atoms with Crippen LogP contribution < -0.4 is 10.1 Å². The Labute approximate surface area is 155 Å². The third kappa shape index (κ3) is 6.58. The molecule has 1 aliphatic heterocycles. The second kappa shape index (κ2) is 8.92.